The number of nitrogens with one attached hydrogen (secondary N) is 2. The summed E-state index contributed by atoms with van der Waals surface area (Å²) in [6.07, 6.45) is 1.65. The molecule has 0 amide bonds. The van der Waals surface area contributed by atoms with Gasteiger partial charge in [-0.05, 0) is 35.9 Å². The van der Waals surface area contributed by atoms with Gasteiger partial charge >= 0.3 is 0 Å². The second-order valence-electron chi connectivity index (χ2n) is 6.31. The lowest BCUT2D eigenvalue weighted by atomic mass is 10.0. The summed E-state index contributed by atoms with van der Waals surface area (Å²) in [5, 5.41) is 19.4. The number of ether oxygens (including phenoxy) is 1. The lowest BCUT2D eigenvalue weighted by Gasteiger charge is -2.17. The van der Waals surface area contributed by atoms with Crippen molar-refractivity contribution in [1.29, 1.82) is 0 Å². The Morgan fingerprint density at radius 3 is 2.59 bits per heavy atom. The summed E-state index contributed by atoms with van der Waals surface area (Å²) in [6, 6.07) is 16.1. The fourth-order valence-electron chi connectivity index (χ4n) is 3.03. The van der Waals surface area contributed by atoms with Gasteiger partial charge < -0.3 is 15.0 Å². The molecule has 0 aliphatic heterocycles. The van der Waals surface area contributed by atoms with Crippen LogP contribution in [0.25, 0.3) is 22.2 Å². The van der Waals surface area contributed by atoms with E-state index in [0.717, 1.165) is 33.6 Å². The molecule has 0 saturated heterocycles. The SMILES string of the molecule is COc1cccc(Nc2n[nH]c3nnccc23)c1-c1ccc(N(C)C)cc1. The first-order valence-corrected chi connectivity index (χ1v) is 8.55. The largest absolute Gasteiger partial charge is 0.496 e. The van der Waals surface area contributed by atoms with E-state index in [0.29, 0.717) is 11.5 Å². The molecule has 0 unspecified atom stereocenters. The van der Waals surface area contributed by atoms with E-state index < -0.39 is 0 Å². The standard InChI is InChI=1S/C20H20N6O/c1-26(2)14-9-7-13(8-10-14)18-16(5-4-6-17(18)27-3)22-19-15-11-12-21-23-20(15)25-24-19/h4-12H,1-3H3,(H2,22,23,24,25). The Balaban J connectivity index is 1.79. The van der Waals surface area contributed by atoms with E-state index >= 15 is 0 Å². The molecule has 0 radical (unpaired) electrons. The summed E-state index contributed by atoms with van der Waals surface area (Å²) < 4.78 is 5.62. The highest BCUT2D eigenvalue weighted by Gasteiger charge is 2.14. The fourth-order valence-corrected chi connectivity index (χ4v) is 3.03. The number of benzene rings is 2. The van der Waals surface area contributed by atoms with Gasteiger partial charge in [-0.2, -0.15) is 10.2 Å². The number of anilines is 3. The Bertz CT molecular complexity index is 1070. The Morgan fingerprint density at radius 2 is 1.85 bits per heavy atom. The molecule has 0 fully saturated rings. The molecule has 2 aromatic heterocycles. The number of methoxy groups -OCH3 is 1. The Labute approximate surface area is 157 Å². The van der Waals surface area contributed by atoms with E-state index in [1.165, 1.54) is 0 Å². The number of fused-ring (bicyclic) bond motifs is 1. The van der Waals surface area contributed by atoms with Gasteiger partial charge in [0.2, 0.25) is 0 Å². The van der Waals surface area contributed by atoms with Crippen LogP contribution in [0.5, 0.6) is 5.75 Å². The maximum Gasteiger partial charge on any atom is 0.180 e. The molecule has 7 heteroatoms. The number of rotatable bonds is 5. The summed E-state index contributed by atoms with van der Waals surface area (Å²) in [6.45, 7) is 0. The molecule has 0 aliphatic carbocycles. The van der Waals surface area contributed by atoms with E-state index in [4.69, 9.17) is 4.74 Å². The van der Waals surface area contributed by atoms with Gasteiger partial charge in [0.25, 0.3) is 0 Å². The predicted molar refractivity (Wildman–Crippen MR) is 108 cm³/mol. The van der Waals surface area contributed by atoms with Gasteiger partial charge in [-0.25, -0.2) is 0 Å². The highest BCUT2D eigenvalue weighted by Crippen LogP contribution is 2.39. The number of hydrogen-bond acceptors (Lipinski definition) is 6. The molecule has 2 aromatic carbocycles. The summed E-state index contributed by atoms with van der Waals surface area (Å²) >= 11 is 0. The Hall–Kier alpha value is -3.61. The Kier molecular flexibility index (Phi) is 4.33. The summed E-state index contributed by atoms with van der Waals surface area (Å²) in [5.74, 6) is 1.48. The summed E-state index contributed by atoms with van der Waals surface area (Å²) in [7, 11) is 5.73. The topological polar surface area (TPSA) is 79.0 Å². The van der Waals surface area contributed by atoms with Crippen LogP contribution in [0.3, 0.4) is 0 Å². The molecular weight excluding hydrogens is 340 g/mol. The van der Waals surface area contributed by atoms with E-state index in [9.17, 15) is 0 Å². The van der Waals surface area contributed by atoms with Crippen molar-refractivity contribution in [2.45, 2.75) is 0 Å². The maximum absolute atomic E-state index is 5.62. The molecule has 4 aromatic rings. The first-order valence-electron chi connectivity index (χ1n) is 8.55. The minimum atomic E-state index is 0.639. The molecule has 2 N–H and O–H groups in total. The molecule has 0 saturated carbocycles. The molecule has 0 aliphatic rings. The lowest BCUT2D eigenvalue weighted by molar-refractivity contribution is 0.416. The van der Waals surface area contributed by atoms with Crippen LogP contribution in [0.2, 0.25) is 0 Å². The van der Waals surface area contributed by atoms with Crippen LogP contribution in [0.1, 0.15) is 0 Å². The molecule has 4 rings (SSSR count). The van der Waals surface area contributed by atoms with Crippen molar-refractivity contribution in [3.8, 4) is 16.9 Å². The van der Waals surface area contributed by atoms with Crippen LogP contribution >= 0.6 is 0 Å². The fraction of sp³-hybridized carbons (Fsp3) is 0.150. The molecule has 136 valence electrons. The highest BCUT2D eigenvalue weighted by atomic mass is 16.5. The van der Waals surface area contributed by atoms with Gasteiger partial charge in [-0.3, -0.25) is 5.10 Å². The first kappa shape index (κ1) is 16.8. The third-order valence-electron chi connectivity index (χ3n) is 4.42. The van der Waals surface area contributed by atoms with Crippen LogP contribution in [0, 0.1) is 0 Å². The number of nitrogens with zero attached hydrogens (tertiary/aromatic N) is 4. The summed E-state index contributed by atoms with van der Waals surface area (Å²) in [5.41, 5.74) is 4.71. The van der Waals surface area contributed by atoms with Gasteiger partial charge in [-0.1, -0.05) is 18.2 Å². The minimum Gasteiger partial charge on any atom is -0.496 e. The van der Waals surface area contributed by atoms with Crippen LogP contribution in [0.15, 0.2) is 54.7 Å². The van der Waals surface area contributed by atoms with Gasteiger partial charge in [0.05, 0.1) is 24.4 Å². The molecule has 27 heavy (non-hydrogen) atoms. The molecule has 0 spiro atoms. The third kappa shape index (κ3) is 3.15. The zero-order valence-electron chi connectivity index (χ0n) is 15.4. The Morgan fingerprint density at radius 1 is 1.04 bits per heavy atom. The normalized spacial score (nSPS) is 10.8. The number of aromatic amines is 1. The highest BCUT2D eigenvalue weighted by molar-refractivity contribution is 5.92. The minimum absolute atomic E-state index is 0.639. The first-order chi connectivity index (χ1) is 13.2. The number of H-pyrrole nitrogens is 1. The van der Waals surface area contributed by atoms with Crippen LogP contribution < -0.4 is 15.0 Å². The monoisotopic (exact) mass is 360 g/mol. The van der Waals surface area contributed by atoms with Crippen molar-refractivity contribution in [1.82, 2.24) is 20.4 Å². The molecule has 0 atom stereocenters. The van der Waals surface area contributed by atoms with Gasteiger partial charge in [0.1, 0.15) is 5.75 Å². The van der Waals surface area contributed by atoms with Crippen LogP contribution in [0.4, 0.5) is 17.2 Å². The summed E-state index contributed by atoms with van der Waals surface area (Å²) in [4.78, 5) is 2.07. The average Bonchev–Trinajstić information content (AvgIpc) is 3.11. The maximum atomic E-state index is 5.62. The predicted octanol–water partition coefficient (Wildman–Crippen LogP) is 3.84. The smallest absolute Gasteiger partial charge is 0.180 e. The average molecular weight is 360 g/mol. The van der Waals surface area contributed by atoms with E-state index in [2.05, 4.69) is 54.9 Å². The third-order valence-corrected chi connectivity index (χ3v) is 4.42. The van der Waals surface area contributed by atoms with E-state index in [1.54, 1.807) is 13.3 Å². The van der Waals surface area contributed by atoms with Crippen molar-refractivity contribution in [2.24, 2.45) is 0 Å². The van der Waals surface area contributed by atoms with Crippen molar-refractivity contribution in [2.75, 3.05) is 31.4 Å². The van der Waals surface area contributed by atoms with Gasteiger partial charge in [0.15, 0.2) is 11.5 Å². The van der Waals surface area contributed by atoms with E-state index in [-0.39, 0.29) is 0 Å². The molecular formula is C20H20N6O. The zero-order valence-corrected chi connectivity index (χ0v) is 15.4. The van der Waals surface area contributed by atoms with Crippen molar-refractivity contribution < 1.29 is 4.74 Å². The number of hydrogen-bond donors (Lipinski definition) is 2. The lowest BCUT2D eigenvalue weighted by Crippen LogP contribution is -2.08. The molecule has 0 bridgehead atoms. The second-order valence-corrected chi connectivity index (χ2v) is 6.31. The van der Waals surface area contributed by atoms with Crippen molar-refractivity contribution in [3.63, 3.8) is 0 Å². The van der Waals surface area contributed by atoms with Crippen molar-refractivity contribution in [3.05, 3.63) is 54.7 Å². The van der Waals surface area contributed by atoms with Crippen LogP contribution in [-0.2, 0) is 0 Å². The van der Waals surface area contributed by atoms with Crippen LogP contribution in [-0.4, -0.2) is 41.6 Å². The van der Waals surface area contributed by atoms with Gasteiger partial charge in [-0.15, -0.1) is 5.10 Å². The molecule has 7 nitrogen and oxygen atoms in total. The van der Waals surface area contributed by atoms with Gasteiger partial charge in [0, 0.05) is 25.3 Å². The number of aromatic nitrogens is 4. The quantitative estimate of drug-likeness (QED) is 0.563. The zero-order chi connectivity index (χ0) is 18.8. The van der Waals surface area contributed by atoms with E-state index in [1.807, 2.05) is 38.4 Å². The van der Waals surface area contributed by atoms with Crippen molar-refractivity contribution >= 4 is 28.2 Å². The second kappa shape index (κ2) is 6.95. The molecule has 2 heterocycles.